The predicted molar refractivity (Wildman–Crippen MR) is 163 cm³/mol. The highest BCUT2D eigenvalue weighted by molar-refractivity contribution is 6.99. The van der Waals surface area contributed by atoms with Gasteiger partial charge in [-0.2, -0.15) is 0 Å². The summed E-state index contributed by atoms with van der Waals surface area (Å²) in [7, 11) is -2.63. The quantitative estimate of drug-likeness (QED) is 0.151. The number of allylic oxidation sites excluding steroid dienone is 1. The molecule has 1 heterocycles. The van der Waals surface area contributed by atoms with E-state index in [9.17, 15) is 9.59 Å². The number of benzene rings is 3. The second-order valence-electron chi connectivity index (χ2n) is 11.9. The van der Waals surface area contributed by atoms with E-state index in [0.29, 0.717) is 13.0 Å². The van der Waals surface area contributed by atoms with Crippen LogP contribution in [0.1, 0.15) is 58.6 Å². The summed E-state index contributed by atoms with van der Waals surface area (Å²) >= 11 is 0. The Kier molecular flexibility index (Phi) is 9.11. The van der Waals surface area contributed by atoms with E-state index in [2.05, 4.69) is 75.9 Å². The van der Waals surface area contributed by atoms with Crippen LogP contribution in [0.3, 0.4) is 0 Å². The Morgan fingerprint density at radius 1 is 0.950 bits per heavy atom. The molecule has 0 spiro atoms. The molecular formula is C34H41NO4Si. The first kappa shape index (κ1) is 29.5. The Morgan fingerprint density at radius 2 is 1.48 bits per heavy atom. The molecule has 3 aromatic carbocycles. The minimum absolute atomic E-state index is 0.101. The normalized spacial score (nSPS) is 17.2. The van der Waals surface area contributed by atoms with Crippen molar-refractivity contribution in [2.45, 2.75) is 58.0 Å². The second kappa shape index (κ2) is 12.4. The summed E-state index contributed by atoms with van der Waals surface area (Å²) in [6, 6.07) is 30.3. The molecule has 0 radical (unpaired) electrons. The Bertz CT molecular complexity index is 1250. The zero-order chi connectivity index (χ0) is 28.8. The van der Waals surface area contributed by atoms with Crippen molar-refractivity contribution < 1.29 is 18.8 Å². The molecule has 2 amide bonds. The van der Waals surface area contributed by atoms with Gasteiger partial charge in [0.2, 0.25) is 5.91 Å². The third-order valence-electron chi connectivity index (χ3n) is 8.00. The molecule has 1 saturated heterocycles. The molecule has 0 N–H and O–H groups in total. The minimum Gasteiger partial charge on any atom is -0.446 e. The molecule has 1 aliphatic rings. The molecule has 3 aromatic rings. The van der Waals surface area contributed by atoms with E-state index in [-0.39, 0.29) is 24.0 Å². The van der Waals surface area contributed by atoms with E-state index < -0.39 is 25.9 Å². The molecule has 0 aromatic heterocycles. The lowest BCUT2D eigenvalue weighted by molar-refractivity contribution is -0.131. The highest BCUT2D eigenvalue weighted by Gasteiger charge is 2.50. The van der Waals surface area contributed by atoms with Crippen molar-refractivity contribution in [3.8, 4) is 0 Å². The van der Waals surface area contributed by atoms with Gasteiger partial charge in [-0.15, -0.1) is 6.58 Å². The third-order valence-corrected chi connectivity index (χ3v) is 13.0. The number of carbonyl (C=O) groups excluding carboxylic acids is 2. The van der Waals surface area contributed by atoms with Gasteiger partial charge in [-0.25, -0.2) is 9.69 Å². The molecule has 210 valence electrons. The van der Waals surface area contributed by atoms with Gasteiger partial charge in [0.1, 0.15) is 12.6 Å². The molecule has 0 saturated carbocycles. The largest absolute Gasteiger partial charge is 0.446 e. The number of ether oxygens (including phenoxy) is 1. The third kappa shape index (κ3) is 6.13. The van der Waals surface area contributed by atoms with E-state index in [1.165, 1.54) is 15.3 Å². The molecule has 1 fully saturated rings. The highest BCUT2D eigenvalue weighted by Crippen LogP contribution is 2.38. The topological polar surface area (TPSA) is 55.8 Å². The molecule has 0 aliphatic carbocycles. The summed E-state index contributed by atoms with van der Waals surface area (Å²) in [4.78, 5) is 27.3. The molecule has 6 heteroatoms. The fourth-order valence-corrected chi connectivity index (χ4v) is 10.4. The van der Waals surface area contributed by atoms with Crippen LogP contribution in [0.2, 0.25) is 5.04 Å². The van der Waals surface area contributed by atoms with Crippen LogP contribution in [0.4, 0.5) is 4.79 Å². The standard InChI is InChI=1S/C34H41NO4Si/c1-6-34(5,25-31(36)35-30(26-38-32(35)37)27-17-10-7-11-18-27)23-16-24-39-40(33(2,3)4,28-19-12-8-13-20-28)29-21-14-9-15-22-29/h6-15,17-22,30H,1,16,23-26H2,2-5H3/t30-,34-/m0/s1. The van der Waals surface area contributed by atoms with E-state index in [0.717, 1.165) is 12.0 Å². The maximum atomic E-state index is 13.5. The Hall–Kier alpha value is -3.48. The molecule has 40 heavy (non-hydrogen) atoms. The maximum Gasteiger partial charge on any atom is 0.417 e. The van der Waals surface area contributed by atoms with Crippen LogP contribution in [0.25, 0.3) is 0 Å². The van der Waals surface area contributed by atoms with Crippen LogP contribution >= 0.6 is 0 Å². The van der Waals surface area contributed by atoms with Crippen molar-refractivity contribution in [1.82, 2.24) is 4.90 Å². The van der Waals surface area contributed by atoms with Gasteiger partial charge in [-0.05, 0) is 39.2 Å². The number of hydrogen-bond donors (Lipinski definition) is 0. The first-order valence-corrected chi connectivity index (χ1v) is 15.9. The van der Waals surface area contributed by atoms with Crippen molar-refractivity contribution in [2.75, 3.05) is 13.2 Å². The van der Waals surface area contributed by atoms with Crippen LogP contribution in [-0.2, 0) is 14.0 Å². The first-order valence-electron chi connectivity index (χ1n) is 14.0. The number of carbonyl (C=O) groups is 2. The van der Waals surface area contributed by atoms with E-state index in [1.54, 1.807) is 0 Å². The second-order valence-corrected chi connectivity index (χ2v) is 16.2. The first-order chi connectivity index (χ1) is 19.1. The molecule has 4 rings (SSSR count). The van der Waals surface area contributed by atoms with Crippen molar-refractivity contribution in [3.63, 3.8) is 0 Å². The van der Waals surface area contributed by atoms with Gasteiger partial charge in [-0.1, -0.05) is 125 Å². The van der Waals surface area contributed by atoms with Gasteiger partial charge in [0, 0.05) is 13.0 Å². The molecule has 1 aliphatic heterocycles. The number of nitrogens with zero attached hydrogens (tertiary/aromatic N) is 1. The maximum absolute atomic E-state index is 13.5. The van der Waals surface area contributed by atoms with Gasteiger partial charge in [0.15, 0.2) is 0 Å². The Morgan fingerprint density at radius 3 is 1.98 bits per heavy atom. The lowest BCUT2D eigenvalue weighted by Crippen LogP contribution is -2.66. The average Bonchev–Trinajstić information content (AvgIpc) is 3.35. The summed E-state index contributed by atoms with van der Waals surface area (Å²) in [6.45, 7) is 13.6. The lowest BCUT2D eigenvalue weighted by Gasteiger charge is -2.43. The van der Waals surface area contributed by atoms with Gasteiger partial charge >= 0.3 is 6.09 Å². The Balaban J connectivity index is 1.48. The zero-order valence-corrected chi connectivity index (χ0v) is 25.1. The fourth-order valence-electron chi connectivity index (χ4n) is 5.77. The van der Waals surface area contributed by atoms with Crippen LogP contribution in [0.15, 0.2) is 104 Å². The summed E-state index contributed by atoms with van der Waals surface area (Å²) < 4.78 is 12.3. The van der Waals surface area contributed by atoms with Crippen molar-refractivity contribution in [2.24, 2.45) is 5.41 Å². The fraction of sp³-hybridized carbons (Fsp3) is 0.353. The number of rotatable bonds is 11. The highest BCUT2D eigenvalue weighted by atomic mass is 28.4. The smallest absolute Gasteiger partial charge is 0.417 e. The van der Waals surface area contributed by atoms with Gasteiger partial charge in [-0.3, -0.25) is 4.79 Å². The SMILES string of the molecule is C=C[C@@](C)(CCCO[Si](c1ccccc1)(c1ccccc1)C(C)(C)C)CC(=O)N1C(=O)OC[C@H]1c1ccccc1. The number of cyclic esters (lactones) is 1. The van der Waals surface area contributed by atoms with Gasteiger partial charge in [0.05, 0.1) is 0 Å². The van der Waals surface area contributed by atoms with Crippen LogP contribution in [0.5, 0.6) is 0 Å². The van der Waals surface area contributed by atoms with Gasteiger partial charge < -0.3 is 9.16 Å². The van der Waals surface area contributed by atoms with E-state index >= 15 is 0 Å². The monoisotopic (exact) mass is 555 g/mol. The zero-order valence-electron chi connectivity index (χ0n) is 24.1. The molecule has 2 atom stereocenters. The number of imide groups is 1. The number of hydrogen-bond acceptors (Lipinski definition) is 4. The summed E-state index contributed by atoms with van der Waals surface area (Å²) in [5.74, 6) is -0.244. The molecular weight excluding hydrogens is 514 g/mol. The van der Waals surface area contributed by atoms with Gasteiger partial charge in [0.25, 0.3) is 8.32 Å². The average molecular weight is 556 g/mol. The molecule has 0 unspecified atom stereocenters. The number of amides is 2. The molecule has 0 bridgehead atoms. The Labute approximate surface area is 240 Å². The van der Waals surface area contributed by atoms with Crippen molar-refractivity contribution in [3.05, 3.63) is 109 Å². The van der Waals surface area contributed by atoms with E-state index in [4.69, 9.17) is 9.16 Å². The predicted octanol–water partition coefficient (Wildman–Crippen LogP) is 6.65. The van der Waals surface area contributed by atoms with Crippen LogP contribution in [-0.4, -0.2) is 38.4 Å². The lowest BCUT2D eigenvalue weighted by atomic mass is 9.81. The van der Waals surface area contributed by atoms with Crippen molar-refractivity contribution in [1.29, 1.82) is 0 Å². The summed E-state index contributed by atoms with van der Waals surface area (Å²) in [5, 5.41) is 2.39. The van der Waals surface area contributed by atoms with Crippen LogP contribution < -0.4 is 10.4 Å². The van der Waals surface area contributed by atoms with E-state index in [1.807, 2.05) is 55.5 Å². The molecule has 5 nitrogen and oxygen atoms in total. The summed E-state index contributed by atoms with van der Waals surface area (Å²) in [6.07, 6.45) is 2.90. The minimum atomic E-state index is -2.63. The summed E-state index contributed by atoms with van der Waals surface area (Å²) in [5.41, 5.74) is 0.399. The van der Waals surface area contributed by atoms with Crippen LogP contribution in [0, 0.1) is 5.41 Å². The van der Waals surface area contributed by atoms with Crippen molar-refractivity contribution >= 4 is 30.7 Å².